The summed E-state index contributed by atoms with van der Waals surface area (Å²) in [7, 11) is 1.70. The van der Waals surface area contributed by atoms with Crippen molar-refractivity contribution in [2.75, 3.05) is 7.11 Å². The second-order valence-corrected chi connectivity index (χ2v) is 6.61. The zero-order chi connectivity index (χ0) is 15.4. The minimum atomic E-state index is 0.253. The molecule has 0 spiro atoms. The molecule has 0 unspecified atom stereocenters. The van der Waals surface area contributed by atoms with Gasteiger partial charge in [-0.25, -0.2) is 0 Å². The maximum absolute atomic E-state index is 9.03. The van der Waals surface area contributed by atoms with E-state index in [0.717, 1.165) is 50.0 Å². The van der Waals surface area contributed by atoms with Crippen LogP contribution in [0.25, 0.3) is 0 Å². The van der Waals surface area contributed by atoms with Gasteiger partial charge in [-0.1, -0.05) is 6.07 Å². The predicted octanol–water partition coefficient (Wildman–Crippen LogP) is 4.81. The van der Waals surface area contributed by atoms with Crippen molar-refractivity contribution in [1.82, 2.24) is 0 Å². The van der Waals surface area contributed by atoms with Gasteiger partial charge in [0.2, 0.25) is 0 Å². The molecule has 3 heteroatoms. The molecule has 0 N–H and O–H groups in total. The van der Waals surface area contributed by atoms with Gasteiger partial charge in [-0.15, -0.1) is 0 Å². The third-order valence-corrected chi connectivity index (χ3v) is 5.16. The van der Waals surface area contributed by atoms with E-state index in [-0.39, 0.29) is 5.92 Å². The van der Waals surface area contributed by atoms with Gasteiger partial charge >= 0.3 is 0 Å². The molecule has 2 aliphatic carbocycles. The molecule has 1 aromatic rings. The third-order valence-electron chi connectivity index (χ3n) is 5.16. The molecule has 118 valence electrons. The fourth-order valence-electron chi connectivity index (χ4n) is 3.78. The fourth-order valence-corrected chi connectivity index (χ4v) is 3.78. The van der Waals surface area contributed by atoms with Crippen LogP contribution in [0.1, 0.15) is 62.8 Å². The quantitative estimate of drug-likeness (QED) is 0.801. The van der Waals surface area contributed by atoms with E-state index in [4.69, 9.17) is 14.7 Å². The molecule has 2 aliphatic rings. The molecule has 0 saturated heterocycles. The summed E-state index contributed by atoms with van der Waals surface area (Å²) in [5.74, 6) is 2.54. The standard InChI is InChI=1S/C19H25NO2/c1-21-18-11-10-16(15-8-6-14(13-20)7-9-15)12-19(18)22-17-4-2-3-5-17/h10-12,14-15,17H,2-9H2,1H3. The van der Waals surface area contributed by atoms with Crippen molar-refractivity contribution in [3.8, 4) is 17.6 Å². The highest BCUT2D eigenvalue weighted by molar-refractivity contribution is 5.44. The van der Waals surface area contributed by atoms with E-state index < -0.39 is 0 Å². The molecule has 22 heavy (non-hydrogen) atoms. The average molecular weight is 299 g/mol. The summed E-state index contributed by atoms with van der Waals surface area (Å²) in [5.41, 5.74) is 1.34. The minimum Gasteiger partial charge on any atom is -0.493 e. The van der Waals surface area contributed by atoms with Gasteiger partial charge in [0.15, 0.2) is 11.5 Å². The molecule has 1 aromatic carbocycles. The number of ether oxygens (including phenoxy) is 2. The van der Waals surface area contributed by atoms with E-state index in [1.54, 1.807) is 7.11 Å². The van der Waals surface area contributed by atoms with E-state index >= 15 is 0 Å². The van der Waals surface area contributed by atoms with Crippen molar-refractivity contribution in [2.45, 2.75) is 63.4 Å². The minimum absolute atomic E-state index is 0.253. The Morgan fingerprint density at radius 2 is 1.73 bits per heavy atom. The number of rotatable bonds is 4. The lowest BCUT2D eigenvalue weighted by atomic mass is 9.79. The first kappa shape index (κ1) is 15.2. The molecular formula is C19H25NO2. The summed E-state index contributed by atoms with van der Waals surface area (Å²) >= 11 is 0. The highest BCUT2D eigenvalue weighted by atomic mass is 16.5. The van der Waals surface area contributed by atoms with Crippen LogP contribution in [0.2, 0.25) is 0 Å². The Balaban J connectivity index is 1.73. The normalized spacial score (nSPS) is 25.6. The Kier molecular flexibility index (Phi) is 4.87. The van der Waals surface area contributed by atoms with Crippen LogP contribution >= 0.6 is 0 Å². The Labute approximate surface area is 133 Å². The molecule has 3 nitrogen and oxygen atoms in total. The molecule has 0 aliphatic heterocycles. The Morgan fingerprint density at radius 1 is 1.00 bits per heavy atom. The van der Waals surface area contributed by atoms with Gasteiger partial charge in [0, 0.05) is 5.92 Å². The first-order chi connectivity index (χ1) is 10.8. The summed E-state index contributed by atoms with van der Waals surface area (Å²) in [6.45, 7) is 0. The summed E-state index contributed by atoms with van der Waals surface area (Å²) in [6.07, 6.45) is 9.44. The van der Waals surface area contributed by atoms with Gasteiger partial charge in [-0.3, -0.25) is 0 Å². The van der Waals surface area contributed by atoms with E-state index in [1.807, 2.05) is 6.07 Å². The molecule has 2 saturated carbocycles. The van der Waals surface area contributed by atoms with Gasteiger partial charge in [0.05, 0.1) is 19.3 Å². The maximum atomic E-state index is 9.03. The van der Waals surface area contributed by atoms with Crippen LogP contribution in [-0.4, -0.2) is 13.2 Å². The van der Waals surface area contributed by atoms with Crippen LogP contribution in [0.15, 0.2) is 18.2 Å². The number of nitrogens with zero attached hydrogens (tertiary/aromatic N) is 1. The summed E-state index contributed by atoms with van der Waals surface area (Å²) in [4.78, 5) is 0. The monoisotopic (exact) mass is 299 g/mol. The van der Waals surface area contributed by atoms with Gasteiger partial charge in [0.1, 0.15) is 0 Å². The van der Waals surface area contributed by atoms with Crippen LogP contribution in [0.4, 0.5) is 0 Å². The Bertz CT molecular complexity index is 535. The van der Waals surface area contributed by atoms with Gasteiger partial charge in [0.25, 0.3) is 0 Å². The summed E-state index contributed by atoms with van der Waals surface area (Å²) in [5, 5.41) is 9.03. The zero-order valence-electron chi connectivity index (χ0n) is 13.4. The number of benzene rings is 1. The molecule has 0 heterocycles. The van der Waals surface area contributed by atoms with E-state index in [9.17, 15) is 0 Å². The van der Waals surface area contributed by atoms with Crippen molar-refractivity contribution in [2.24, 2.45) is 5.92 Å². The molecule has 2 fully saturated rings. The number of methoxy groups -OCH3 is 1. The molecule has 0 radical (unpaired) electrons. The van der Waals surface area contributed by atoms with Gasteiger partial charge in [-0.2, -0.15) is 5.26 Å². The van der Waals surface area contributed by atoms with Crippen LogP contribution in [-0.2, 0) is 0 Å². The van der Waals surface area contributed by atoms with Crippen molar-refractivity contribution in [3.05, 3.63) is 23.8 Å². The van der Waals surface area contributed by atoms with Crippen LogP contribution in [0.3, 0.4) is 0 Å². The molecule has 0 aromatic heterocycles. The van der Waals surface area contributed by atoms with E-state index in [2.05, 4.69) is 18.2 Å². The topological polar surface area (TPSA) is 42.2 Å². The lowest BCUT2D eigenvalue weighted by Crippen LogP contribution is -2.14. The number of hydrogen-bond acceptors (Lipinski definition) is 3. The summed E-state index contributed by atoms with van der Waals surface area (Å²) in [6, 6.07) is 8.79. The second kappa shape index (κ2) is 7.05. The Morgan fingerprint density at radius 3 is 2.36 bits per heavy atom. The largest absolute Gasteiger partial charge is 0.493 e. The molecule has 3 rings (SSSR count). The van der Waals surface area contributed by atoms with Crippen LogP contribution in [0.5, 0.6) is 11.5 Å². The fraction of sp³-hybridized carbons (Fsp3) is 0.632. The van der Waals surface area contributed by atoms with E-state index in [0.29, 0.717) is 12.0 Å². The van der Waals surface area contributed by atoms with Crippen LogP contribution in [0, 0.1) is 17.2 Å². The maximum Gasteiger partial charge on any atom is 0.161 e. The van der Waals surface area contributed by atoms with Crippen molar-refractivity contribution in [3.63, 3.8) is 0 Å². The predicted molar refractivity (Wildman–Crippen MR) is 86.2 cm³/mol. The average Bonchev–Trinajstić information content (AvgIpc) is 3.08. The molecular weight excluding hydrogens is 274 g/mol. The molecule has 0 atom stereocenters. The van der Waals surface area contributed by atoms with Crippen molar-refractivity contribution >= 4 is 0 Å². The van der Waals surface area contributed by atoms with Gasteiger partial charge < -0.3 is 9.47 Å². The Hall–Kier alpha value is -1.69. The van der Waals surface area contributed by atoms with E-state index in [1.165, 1.54) is 18.4 Å². The number of nitriles is 1. The van der Waals surface area contributed by atoms with Crippen molar-refractivity contribution in [1.29, 1.82) is 5.26 Å². The highest BCUT2D eigenvalue weighted by Gasteiger charge is 2.24. The molecule has 0 bridgehead atoms. The lowest BCUT2D eigenvalue weighted by molar-refractivity contribution is 0.200. The SMILES string of the molecule is COc1ccc(C2CCC(C#N)CC2)cc1OC1CCCC1. The smallest absolute Gasteiger partial charge is 0.161 e. The lowest BCUT2D eigenvalue weighted by Gasteiger charge is -2.26. The third kappa shape index (κ3) is 3.38. The first-order valence-electron chi connectivity index (χ1n) is 8.54. The van der Waals surface area contributed by atoms with Crippen LogP contribution < -0.4 is 9.47 Å². The highest BCUT2D eigenvalue weighted by Crippen LogP contribution is 2.39. The first-order valence-corrected chi connectivity index (χ1v) is 8.54. The number of hydrogen-bond donors (Lipinski definition) is 0. The second-order valence-electron chi connectivity index (χ2n) is 6.61. The summed E-state index contributed by atoms with van der Waals surface area (Å²) < 4.78 is 11.7. The zero-order valence-corrected chi connectivity index (χ0v) is 13.4. The van der Waals surface area contributed by atoms with Crippen molar-refractivity contribution < 1.29 is 9.47 Å². The molecule has 0 amide bonds. The van der Waals surface area contributed by atoms with Gasteiger partial charge in [-0.05, 0) is 75.0 Å².